The lowest BCUT2D eigenvalue weighted by Crippen LogP contribution is -2.29. The number of rotatable bonds is 6. The molecule has 1 amide bonds. The normalized spacial score (nSPS) is 17.9. The third kappa shape index (κ3) is 4.16. The summed E-state index contributed by atoms with van der Waals surface area (Å²) in [5, 5.41) is 13.1. The van der Waals surface area contributed by atoms with E-state index in [-0.39, 0.29) is 24.0 Å². The molecule has 1 unspecified atom stereocenters. The molecule has 0 spiro atoms. The molecule has 1 atom stereocenters. The van der Waals surface area contributed by atoms with Gasteiger partial charge in [0.05, 0.1) is 23.9 Å². The summed E-state index contributed by atoms with van der Waals surface area (Å²) in [6, 6.07) is 13.6. The fraction of sp³-hybridized carbons (Fsp3) is 0.240. The van der Waals surface area contributed by atoms with Crippen molar-refractivity contribution in [2.45, 2.75) is 39.5 Å². The predicted octanol–water partition coefficient (Wildman–Crippen LogP) is 4.86. The molecule has 1 aromatic carbocycles. The minimum atomic E-state index is -0.696. The number of aliphatic hydroxyl groups is 1. The fourth-order valence-corrected chi connectivity index (χ4v) is 4.81. The minimum Gasteiger partial charge on any atom is -0.507 e. The Morgan fingerprint density at radius 1 is 1.16 bits per heavy atom. The Kier molecular flexibility index (Phi) is 6.10. The Morgan fingerprint density at radius 2 is 1.91 bits per heavy atom. The van der Waals surface area contributed by atoms with Crippen molar-refractivity contribution in [3.8, 4) is 5.75 Å². The molecule has 1 aliphatic rings. The van der Waals surface area contributed by atoms with Gasteiger partial charge in [-0.15, -0.1) is 11.3 Å². The number of aryl methyl sites for hydroxylation is 1. The number of pyridine rings is 1. The van der Waals surface area contributed by atoms with E-state index in [1.165, 1.54) is 16.2 Å². The summed E-state index contributed by atoms with van der Waals surface area (Å²) in [5.41, 5.74) is 2.17. The molecule has 3 aromatic rings. The molecule has 0 aliphatic carbocycles. The average Bonchev–Trinajstić information content (AvgIpc) is 3.30. The monoisotopic (exact) mass is 448 g/mol. The summed E-state index contributed by atoms with van der Waals surface area (Å²) < 4.78 is 5.66. The van der Waals surface area contributed by atoms with Crippen LogP contribution >= 0.6 is 11.3 Å². The number of amides is 1. The molecule has 0 bridgehead atoms. The molecule has 0 saturated carbocycles. The Hall–Kier alpha value is -3.45. The number of aliphatic hydroxyl groups excluding tert-OH is 1. The summed E-state index contributed by atoms with van der Waals surface area (Å²) in [4.78, 5) is 32.8. The minimum absolute atomic E-state index is 0.0215. The van der Waals surface area contributed by atoms with Gasteiger partial charge in [-0.25, -0.2) is 0 Å². The second kappa shape index (κ2) is 8.96. The molecule has 3 heterocycles. The maximum absolute atomic E-state index is 13.1. The summed E-state index contributed by atoms with van der Waals surface area (Å²) in [5.74, 6) is -0.868. The topological polar surface area (TPSA) is 79.7 Å². The number of thiophene rings is 1. The highest BCUT2D eigenvalue weighted by Gasteiger charge is 2.47. The van der Waals surface area contributed by atoms with Crippen LogP contribution in [-0.4, -0.2) is 32.8 Å². The zero-order chi connectivity index (χ0) is 22.8. The highest BCUT2D eigenvalue weighted by molar-refractivity contribution is 7.10. The van der Waals surface area contributed by atoms with Gasteiger partial charge in [0.1, 0.15) is 17.6 Å². The highest BCUT2D eigenvalue weighted by atomic mass is 32.1. The lowest BCUT2D eigenvalue weighted by atomic mass is 9.98. The first-order valence-electron chi connectivity index (χ1n) is 10.4. The SMILES string of the molecule is Cc1ccsc1C1/C(=C(/O)c2ccc(OC(C)C)cc2)C(=O)C(=O)N1Cc1ccccn1. The first-order valence-corrected chi connectivity index (χ1v) is 11.2. The van der Waals surface area contributed by atoms with Crippen LogP contribution < -0.4 is 4.74 Å². The first-order chi connectivity index (χ1) is 15.4. The van der Waals surface area contributed by atoms with Gasteiger partial charge in [-0.2, -0.15) is 0 Å². The van der Waals surface area contributed by atoms with Gasteiger partial charge in [-0.3, -0.25) is 14.6 Å². The van der Waals surface area contributed by atoms with Crippen molar-refractivity contribution in [2.75, 3.05) is 0 Å². The molecule has 6 nitrogen and oxygen atoms in total. The second-order valence-electron chi connectivity index (χ2n) is 7.91. The van der Waals surface area contributed by atoms with Gasteiger partial charge in [0.2, 0.25) is 0 Å². The van der Waals surface area contributed by atoms with Crippen LogP contribution in [0.4, 0.5) is 0 Å². The maximum atomic E-state index is 13.1. The number of nitrogens with zero attached hydrogens (tertiary/aromatic N) is 2. The third-order valence-electron chi connectivity index (χ3n) is 5.25. The van der Waals surface area contributed by atoms with Crippen molar-refractivity contribution >= 4 is 28.8 Å². The van der Waals surface area contributed by atoms with Crippen LogP contribution in [0.1, 0.15) is 41.6 Å². The van der Waals surface area contributed by atoms with E-state index in [0.717, 1.165) is 10.4 Å². The van der Waals surface area contributed by atoms with Crippen LogP contribution in [-0.2, 0) is 16.1 Å². The van der Waals surface area contributed by atoms with Crippen molar-refractivity contribution in [2.24, 2.45) is 0 Å². The lowest BCUT2D eigenvalue weighted by Gasteiger charge is -2.24. The molecule has 164 valence electrons. The molecular weight excluding hydrogens is 424 g/mol. The molecule has 1 N–H and O–H groups in total. The molecule has 2 aromatic heterocycles. The van der Waals surface area contributed by atoms with Gasteiger partial charge in [0, 0.05) is 16.6 Å². The molecule has 0 radical (unpaired) electrons. The van der Waals surface area contributed by atoms with Gasteiger partial charge in [-0.1, -0.05) is 6.07 Å². The number of likely N-dealkylation sites (tertiary alicyclic amines) is 1. The van der Waals surface area contributed by atoms with E-state index < -0.39 is 17.7 Å². The number of ether oxygens (including phenoxy) is 1. The van der Waals surface area contributed by atoms with Crippen LogP contribution in [0.5, 0.6) is 5.75 Å². The Balaban J connectivity index is 1.79. The number of benzene rings is 1. The molecule has 4 rings (SSSR count). The molecule has 32 heavy (non-hydrogen) atoms. The number of carbonyl (C=O) groups excluding carboxylic acids is 2. The third-order valence-corrected chi connectivity index (χ3v) is 6.32. The predicted molar refractivity (Wildman–Crippen MR) is 123 cm³/mol. The van der Waals surface area contributed by atoms with Crippen LogP contribution in [0.15, 0.2) is 65.7 Å². The van der Waals surface area contributed by atoms with Crippen molar-refractivity contribution in [3.63, 3.8) is 0 Å². The van der Waals surface area contributed by atoms with E-state index >= 15 is 0 Å². The molecule has 1 fully saturated rings. The summed E-state index contributed by atoms with van der Waals surface area (Å²) >= 11 is 1.46. The Bertz CT molecular complexity index is 1170. The quantitative estimate of drug-likeness (QED) is 0.331. The summed E-state index contributed by atoms with van der Waals surface area (Å²) in [7, 11) is 0. The van der Waals surface area contributed by atoms with Crippen LogP contribution in [0.3, 0.4) is 0 Å². The molecule has 7 heteroatoms. The van der Waals surface area contributed by atoms with Crippen LogP contribution in [0.2, 0.25) is 0 Å². The van der Waals surface area contributed by atoms with Gasteiger partial charge < -0.3 is 14.7 Å². The van der Waals surface area contributed by atoms with E-state index in [0.29, 0.717) is 17.0 Å². The number of aromatic nitrogens is 1. The van der Waals surface area contributed by atoms with Gasteiger partial charge in [0.25, 0.3) is 11.7 Å². The van der Waals surface area contributed by atoms with Crippen molar-refractivity contribution in [3.05, 3.63) is 87.4 Å². The molecule has 1 saturated heterocycles. The summed E-state index contributed by atoms with van der Waals surface area (Å²) in [6.45, 7) is 5.97. The number of carbonyl (C=O) groups is 2. The summed E-state index contributed by atoms with van der Waals surface area (Å²) in [6.07, 6.45) is 1.67. The van der Waals surface area contributed by atoms with Crippen LogP contribution in [0.25, 0.3) is 5.76 Å². The average molecular weight is 449 g/mol. The Morgan fingerprint density at radius 3 is 2.50 bits per heavy atom. The number of ketones is 1. The second-order valence-corrected chi connectivity index (χ2v) is 8.85. The van der Waals surface area contributed by atoms with Gasteiger partial charge in [-0.05, 0) is 74.2 Å². The largest absolute Gasteiger partial charge is 0.507 e. The van der Waals surface area contributed by atoms with E-state index in [1.807, 2.05) is 44.4 Å². The number of hydrogen-bond acceptors (Lipinski definition) is 6. The van der Waals surface area contributed by atoms with Crippen LogP contribution in [0, 0.1) is 6.92 Å². The van der Waals surface area contributed by atoms with Crippen molar-refractivity contribution in [1.82, 2.24) is 9.88 Å². The van der Waals surface area contributed by atoms with E-state index in [4.69, 9.17) is 4.74 Å². The van der Waals surface area contributed by atoms with E-state index in [1.54, 1.807) is 36.5 Å². The molecular formula is C25H24N2O4S. The maximum Gasteiger partial charge on any atom is 0.296 e. The fourth-order valence-electron chi connectivity index (χ4n) is 3.77. The van der Waals surface area contributed by atoms with Crippen molar-refractivity contribution in [1.29, 1.82) is 0 Å². The zero-order valence-corrected chi connectivity index (χ0v) is 18.9. The van der Waals surface area contributed by atoms with Crippen molar-refractivity contribution < 1.29 is 19.4 Å². The van der Waals surface area contributed by atoms with E-state index in [2.05, 4.69) is 4.98 Å². The number of hydrogen-bond donors (Lipinski definition) is 1. The number of Topliss-reactive ketones (excluding diaryl/α,β-unsaturated/α-hetero) is 1. The van der Waals surface area contributed by atoms with Gasteiger partial charge in [0.15, 0.2) is 0 Å². The lowest BCUT2D eigenvalue weighted by molar-refractivity contribution is -0.140. The Labute approximate surface area is 190 Å². The zero-order valence-electron chi connectivity index (χ0n) is 18.1. The smallest absolute Gasteiger partial charge is 0.296 e. The first kappa shape index (κ1) is 21.8. The highest BCUT2D eigenvalue weighted by Crippen LogP contribution is 2.43. The standard InChI is InChI=1S/C25H24N2O4S/c1-15(2)31-19-9-7-17(8-10-19)22(28)20-21(24-16(3)11-13-32-24)27(25(30)23(20)29)14-18-6-4-5-12-26-18/h4-13,15,21,28H,14H2,1-3H3/b22-20-. The van der Waals surface area contributed by atoms with E-state index in [9.17, 15) is 14.7 Å². The molecule has 1 aliphatic heterocycles. The van der Waals surface area contributed by atoms with Gasteiger partial charge >= 0.3 is 0 Å².